The van der Waals surface area contributed by atoms with Gasteiger partial charge in [-0.05, 0) is 76.4 Å². The molecule has 0 saturated heterocycles. The number of hydrogen-bond acceptors (Lipinski definition) is 6. The lowest BCUT2D eigenvalue weighted by Gasteiger charge is -2.21. The second-order valence-electron chi connectivity index (χ2n) is 7.00. The fourth-order valence-electron chi connectivity index (χ4n) is 2.89. The highest BCUT2D eigenvalue weighted by Crippen LogP contribution is 2.32. The van der Waals surface area contributed by atoms with Gasteiger partial charge in [0.25, 0.3) is 0 Å². The SMILES string of the molecule is CCOc1ccc2nc(N(CCCN(C)C)C(=O)CSc3ccc(F)cc3)sc2c1.Cl. The van der Waals surface area contributed by atoms with Gasteiger partial charge in [-0.1, -0.05) is 11.3 Å². The Kier molecular flexibility index (Phi) is 10.0. The zero-order valence-electron chi connectivity index (χ0n) is 17.8. The van der Waals surface area contributed by atoms with Crippen LogP contribution in [0.25, 0.3) is 10.2 Å². The number of fused-ring (bicyclic) bond motifs is 1. The molecule has 31 heavy (non-hydrogen) atoms. The van der Waals surface area contributed by atoms with Crippen molar-refractivity contribution in [3.05, 3.63) is 48.3 Å². The number of anilines is 1. The van der Waals surface area contributed by atoms with Gasteiger partial charge >= 0.3 is 0 Å². The van der Waals surface area contributed by atoms with Crippen LogP contribution in [0.2, 0.25) is 0 Å². The number of halogens is 2. The molecule has 1 aromatic heterocycles. The molecular formula is C22H27ClFN3O2S2. The van der Waals surface area contributed by atoms with Crippen LogP contribution in [-0.4, -0.2) is 55.3 Å². The van der Waals surface area contributed by atoms with E-state index < -0.39 is 0 Å². The Hall–Kier alpha value is -1.87. The summed E-state index contributed by atoms with van der Waals surface area (Å²) in [5, 5.41) is 0.696. The maximum atomic E-state index is 13.1. The Morgan fingerprint density at radius 3 is 2.58 bits per heavy atom. The van der Waals surface area contributed by atoms with E-state index in [0.29, 0.717) is 18.3 Å². The molecule has 0 fully saturated rings. The Morgan fingerprint density at radius 1 is 1.16 bits per heavy atom. The molecule has 0 aliphatic rings. The molecule has 1 heterocycles. The number of aromatic nitrogens is 1. The number of rotatable bonds is 10. The number of nitrogens with zero attached hydrogens (tertiary/aromatic N) is 3. The van der Waals surface area contributed by atoms with E-state index in [1.54, 1.807) is 17.0 Å². The topological polar surface area (TPSA) is 45.7 Å². The van der Waals surface area contributed by atoms with Gasteiger partial charge in [0.2, 0.25) is 5.91 Å². The third kappa shape index (κ3) is 7.35. The summed E-state index contributed by atoms with van der Waals surface area (Å²) in [6, 6.07) is 12.0. The van der Waals surface area contributed by atoms with Crippen molar-refractivity contribution in [2.75, 3.05) is 44.4 Å². The number of thioether (sulfide) groups is 1. The monoisotopic (exact) mass is 483 g/mol. The van der Waals surface area contributed by atoms with Crippen LogP contribution in [0.5, 0.6) is 5.75 Å². The summed E-state index contributed by atoms with van der Waals surface area (Å²) in [5.74, 6) is 0.787. The molecule has 168 valence electrons. The van der Waals surface area contributed by atoms with Gasteiger partial charge in [-0.2, -0.15) is 0 Å². The van der Waals surface area contributed by atoms with Gasteiger partial charge in [-0.25, -0.2) is 9.37 Å². The lowest BCUT2D eigenvalue weighted by atomic mass is 10.3. The molecule has 2 aromatic carbocycles. The minimum atomic E-state index is -0.281. The van der Waals surface area contributed by atoms with Crippen molar-refractivity contribution >= 4 is 56.8 Å². The average molecular weight is 484 g/mol. The highest BCUT2D eigenvalue weighted by molar-refractivity contribution is 8.00. The number of hydrogen-bond donors (Lipinski definition) is 0. The van der Waals surface area contributed by atoms with Gasteiger partial charge in [0, 0.05) is 11.4 Å². The normalized spacial score (nSPS) is 10.9. The quantitative estimate of drug-likeness (QED) is 0.364. The highest BCUT2D eigenvalue weighted by atomic mass is 35.5. The van der Waals surface area contributed by atoms with Crippen molar-refractivity contribution in [3.8, 4) is 5.75 Å². The first kappa shape index (κ1) is 25.4. The largest absolute Gasteiger partial charge is 0.494 e. The second-order valence-corrected chi connectivity index (χ2v) is 9.06. The van der Waals surface area contributed by atoms with Crippen LogP contribution in [0.3, 0.4) is 0 Å². The molecule has 5 nitrogen and oxygen atoms in total. The number of thiazole rings is 1. The van der Waals surface area contributed by atoms with E-state index in [-0.39, 0.29) is 29.9 Å². The van der Waals surface area contributed by atoms with Crippen LogP contribution in [0.15, 0.2) is 47.4 Å². The zero-order chi connectivity index (χ0) is 21.5. The number of carbonyl (C=O) groups excluding carboxylic acids is 1. The summed E-state index contributed by atoms with van der Waals surface area (Å²) in [5.41, 5.74) is 0.857. The minimum absolute atomic E-state index is 0. The van der Waals surface area contributed by atoms with Crippen LogP contribution in [0, 0.1) is 5.82 Å². The van der Waals surface area contributed by atoms with Gasteiger partial charge in [0.1, 0.15) is 11.6 Å². The number of benzene rings is 2. The van der Waals surface area contributed by atoms with E-state index in [1.807, 2.05) is 39.2 Å². The van der Waals surface area contributed by atoms with Gasteiger partial charge in [-0.3, -0.25) is 9.69 Å². The average Bonchev–Trinajstić information content (AvgIpc) is 3.13. The minimum Gasteiger partial charge on any atom is -0.494 e. The Bertz CT molecular complexity index is 983. The lowest BCUT2D eigenvalue weighted by Crippen LogP contribution is -2.34. The molecule has 1 amide bonds. The first-order valence-electron chi connectivity index (χ1n) is 9.83. The smallest absolute Gasteiger partial charge is 0.239 e. The summed E-state index contributed by atoms with van der Waals surface area (Å²) in [4.78, 5) is 22.5. The Balaban J connectivity index is 0.00000341. The van der Waals surface area contributed by atoms with Crippen LogP contribution >= 0.6 is 35.5 Å². The summed E-state index contributed by atoms with van der Waals surface area (Å²) in [6.07, 6.45) is 0.847. The molecule has 3 aromatic rings. The van der Waals surface area contributed by atoms with Gasteiger partial charge < -0.3 is 9.64 Å². The first-order valence-corrected chi connectivity index (χ1v) is 11.6. The molecule has 0 saturated carbocycles. The first-order chi connectivity index (χ1) is 14.5. The highest BCUT2D eigenvalue weighted by Gasteiger charge is 2.20. The summed E-state index contributed by atoms with van der Waals surface area (Å²) in [6.45, 7) is 4.03. The van der Waals surface area contributed by atoms with E-state index in [4.69, 9.17) is 9.72 Å². The van der Waals surface area contributed by atoms with Crippen LogP contribution in [0.4, 0.5) is 9.52 Å². The lowest BCUT2D eigenvalue weighted by molar-refractivity contribution is -0.116. The molecule has 0 atom stereocenters. The summed E-state index contributed by atoms with van der Waals surface area (Å²) < 4.78 is 19.7. The second kappa shape index (κ2) is 12.2. The predicted octanol–water partition coefficient (Wildman–Crippen LogP) is 5.33. The van der Waals surface area contributed by atoms with Gasteiger partial charge in [-0.15, -0.1) is 24.2 Å². The standard InChI is InChI=1S/C22H26FN3O2S2.ClH/c1-4-28-17-8-11-19-20(14-17)30-22(24-19)26(13-5-12-25(2)3)21(27)15-29-18-9-6-16(23)7-10-18;/h6-11,14H,4-5,12-13,15H2,1-3H3;1H. The van der Waals surface area contributed by atoms with Crippen molar-refractivity contribution < 1.29 is 13.9 Å². The number of carbonyl (C=O) groups is 1. The van der Waals surface area contributed by atoms with E-state index in [1.165, 1.54) is 35.2 Å². The van der Waals surface area contributed by atoms with Crippen LogP contribution in [-0.2, 0) is 4.79 Å². The van der Waals surface area contributed by atoms with Crippen LogP contribution in [0.1, 0.15) is 13.3 Å². The van der Waals surface area contributed by atoms with Crippen molar-refractivity contribution in [2.24, 2.45) is 0 Å². The third-order valence-electron chi connectivity index (χ3n) is 4.35. The van der Waals surface area contributed by atoms with E-state index >= 15 is 0 Å². The molecule has 3 rings (SSSR count). The molecule has 0 bridgehead atoms. The molecule has 9 heteroatoms. The fraction of sp³-hybridized carbons (Fsp3) is 0.364. The molecule has 0 aliphatic heterocycles. The molecule has 0 unspecified atom stereocenters. The third-order valence-corrected chi connectivity index (χ3v) is 6.39. The van der Waals surface area contributed by atoms with Crippen molar-refractivity contribution in [1.82, 2.24) is 9.88 Å². The zero-order valence-corrected chi connectivity index (χ0v) is 20.3. The maximum absolute atomic E-state index is 13.1. The van der Waals surface area contributed by atoms with Gasteiger partial charge in [0.05, 0.1) is 22.6 Å². The summed E-state index contributed by atoms with van der Waals surface area (Å²) in [7, 11) is 4.03. The fourth-order valence-corrected chi connectivity index (χ4v) is 4.70. The maximum Gasteiger partial charge on any atom is 0.239 e. The summed E-state index contributed by atoms with van der Waals surface area (Å²) >= 11 is 2.90. The van der Waals surface area contributed by atoms with Gasteiger partial charge in [0.15, 0.2) is 5.13 Å². The van der Waals surface area contributed by atoms with E-state index in [0.717, 1.165) is 33.8 Å². The molecule has 0 radical (unpaired) electrons. The van der Waals surface area contributed by atoms with Crippen molar-refractivity contribution in [2.45, 2.75) is 18.2 Å². The predicted molar refractivity (Wildman–Crippen MR) is 131 cm³/mol. The molecule has 0 spiro atoms. The molecule has 0 N–H and O–H groups in total. The number of ether oxygens (including phenoxy) is 1. The number of amides is 1. The Morgan fingerprint density at radius 2 is 1.90 bits per heavy atom. The molecule has 0 aliphatic carbocycles. The molecular weight excluding hydrogens is 457 g/mol. The van der Waals surface area contributed by atoms with Crippen molar-refractivity contribution in [3.63, 3.8) is 0 Å². The van der Waals surface area contributed by atoms with E-state index in [2.05, 4.69) is 4.90 Å². The van der Waals surface area contributed by atoms with E-state index in [9.17, 15) is 9.18 Å². The van der Waals surface area contributed by atoms with Crippen molar-refractivity contribution in [1.29, 1.82) is 0 Å². The van der Waals surface area contributed by atoms with Crippen LogP contribution < -0.4 is 9.64 Å². The Labute approximate surface area is 197 Å².